The lowest BCUT2D eigenvalue weighted by atomic mass is 10.0. The predicted molar refractivity (Wildman–Crippen MR) is 195 cm³/mol. The van der Waals surface area contributed by atoms with Crippen LogP contribution in [0.1, 0.15) is 135 Å². The van der Waals surface area contributed by atoms with Gasteiger partial charge in [-0.2, -0.15) is 0 Å². The summed E-state index contributed by atoms with van der Waals surface area (Å²) in [4.78, 5) is 0. The first-order valence-corrected chi connectivity index (χ1v) is 19.5. The van der Waals surface area contributed by atoms with Crippen molar-refractivity contribution in [1.29, 1.82) is 0 Å². The first-order valence-electron chi connectivity index (χ1n) is 19.5. The van der Waals surface area contributed by atoms with Gasteiger partial charge in [0.1, 0.15) is 12.4 Å². The van der Waals surface area contributed by atoms with Crippen molar-refractivity contribution in [3.05, 3.63) is 29.8 Å². The van der Waals surface area contributed by atoms with E-state index in [0.717, 1.165) is 25.2 Å². The van der Waals surface area contributed by atoms with Crippen molar-refractivity contribution in [2.45, 2.75) is 136 Å². The van der Waals surface area contributed by atoms with Crippen LogP contribution in [0.25, 0.3) is 0 Å². The van der Waals surface area contributed by atoms with Gasteiger partial charge in [0.05, 0.1) is 72.7 Å². The maximum atomic E-state index is 5.79. The third-order valence-corrected chi connectivity index (χ3v) is 8.24. The van der Waals surface area contributed by atoms with Crippen molar-refractivity contribution in [1.82, 2.24) is 0 Å². The fourth-order valence-corrected chi connectivity index (χ4v) is 5.33. The van der Waals surface area contributed by atoms with E-state index < -0.39 is 0 Å². The van der Waals surface area contributed by atoms with Crippen molar-refractivity contribution >= 4 is 0 Å². The highest BCUT2D eigenvalue weighted by Crippen LogP contribution is 2.15. The molecule has 276 valence electrons. The van der Waals surface area contributed by atoms with E-state index >= 15 is 0 Å². The quantitative estimate of drug-likeness (QED) is 0.0648. The van der Waals surface area contributed by atoms with Crippen molar-refractivity contribution in [3.8, 4) is 5.75 Å². The van der Waals surface area contributed by atoms with Gasteiger partial charge >= 0.3 is 0 Å². The van der Waals surface area contributed by atoms with E-state index in [1.165, 1.54) is 115 Å². The number of rotatable bonds is 39. The molecule has 0 atom stereocenters. The Morgan fingerprint density at radius 2 is 0.638 bits per heavy atom. The molecule has 0 N–H and O–H groups in total. The third-order valence-electron chi connectivity index (χ3n) is 8.24. The van der Waals surface area contributed by atoms with E-state index in [9.17, 15) is 0 Å². The second-order valence-electron chi connectivity index (χ2n) is 12.6. The lowest BCUT2D eigenvalue weighted by molar-refractivity contribution is -0.0179. The molecule has 0 unspecified atom stereocenters. The van der Waals surface area contributed by atoms with Gasteiger partial charge in [-0.1, -0.05) is 129 Å². The molecule has 0 aliphatic heterocycles. The molecule has 0 aromatic heterocycles. The minimum absolute atomic E-state index is 0.540. The van der Waals surface area contributed by atoms with Crippen LogP contribution in [0.15, 0.2) is 24.3 Å². The van der Waals surface area contributed by atoms with Crippen molar-refractivity contribution in [3.63, 3.8) is 0 Å². The van der Waals surface area contributed by atoms with Crippen LogP contribution in [0, 0.1) is 0 Å². The van der Waals surface area contributed by atoms with Crippen LogP contribution in [0.4, 0.5) is 0 Å². The molecule has 0 aliphatic carbocycles. The Hall–Kier alpha value is -1.22. The summed E-state index contributed by atoms with van der Waals surface area (Å²) in [5.74, 6) is 0.900. The molecule has 1 aromatic carbocycles. The van der Waals surface area contributed by atoms with Gasteiger partial charge < -0.3 is 33.2 Å². The van der Waals surface area contributed by atoms with Crippen LogP contribution in [0.3, 0.4) is 0 Å². The molecule has 7 heteroatoms. The van der Waals surface area contributed by atoms with Gasteiger partial charge in [0.15, 0.2) is 0 Å². The molecule has 0 amide bonds. The Labute approximate surface area is 290 Å². The Kier molecular flexibility index (Phi) is 35.0. The maximum Gasteiger partial charge on any atom is 0.119 e. The van der Waals surface area contributed by atoms with Gasteiger partial charge in [-0.05, 0) is 37.0 Å². The Bertz CT molecular complexity index is 715. The second-order valence-corrected chi connectivity index (χ2v) is 12.6. The van der Waals surface area contributed by atoms with Gasteiger partial charge in [-0.3, -0.25) is 0 Å². The molecule has 1 aromatic rings. The van der Waals surface area contributed by atoms with Gasteiger partial charge in [-0.15, -0.1) is 0 Å². The van der Waals surface area contributed by atoms with E-state index in [2.05, 4.69) is 38.1 Å². The summed E-state index contributed by atoms with van der Waals surface area (Å²) in [6, 6.07) is 8.50. The van der Waals surface area contributed by atoms with E-state index in [4.69, 9.17) is 33.2 Å². The van der Waals surface area contributed by atoms with Crippen molar-refractivity contribution < 1.29 is 33.2 Å². The van der Waals surface area contributed by atoms with Crippen LogP contribution >= 0.6 is 0 Å². The largest absolute Gasteiger partial charge is 0.491 e. The zero-order valence-corrected chi connectivity index (χ0v) is 30.8. The smallest absolute Gasteiger partial charge is 0.119 e. The standard InChI is InChI=1S/C40H74O7/c1-3-5-7-9-11-12-13-14-16-18-20-26-41-27-28-42-29-30-43-31-32-44-33-34-45-35-36-46-37-38-47-40-24-22-39(23-25-40)21-19-17-15-10-8-6-4-2/h22-25H,3-21,26-38H2,1-2H3. The highest BCUT2D eigenvalue weighted by atomic mass is 16.6. The number of benzene rings is 1. The zero-order chi connectivity index (χ0) is 33.6. The fourth-order valence-electron chi connectivity index (χ4n) is 5.33. The molecular weight excluding hydrogens is 592 g/mol. The normalized spacial score (nSPS) is 11.4. The molecule has 0 heterocycles. The van der Waals surface area contributed by atoms with Gasteiger partial charge in [0, 0.05) is 6.61 Å². The minimum atomic E-state index is 0.540. The highest BCUT2D eigenvalue weighted by molar-refractivity contribution is 5.27. The first kappa shape index (κ1) is 43.8. The summed E-state index contributed by atoms with van der Waals surface area (Å²) in [7, 11) is 0. The monoisotopic (exact) mass is 667 g/mol. The second kappa shape index (κ2) is 37.6. The zero-order valence-electron chi connectivity index (χ0n) is 30.8. The number of hydrogen-bond acceptors (Lipinski definition) is 7. The van der Waals surface area contributed by atoms with Gasteiger partial charge in [0.2, 0.25) is 0 Å². The molecule has 7 nitrogen and oxygen atoms in total. The molecule has 0 spiro atoms. The van der Waals surface area contributed by atoms with Crippen LogP contribution in [0.5, 0.6) is 5.75 Å². The summed E-state index contributed by atoms with van der Waals surface area (Å²) in [6.07, 6.45) is 25.5. The molecule has 0 saturated heterocycles. The van der Waals surface area contributed by atoms with E-state index in [1.54, 1.807) is 0 Å². The lowest BCUT2D eigenvalue weighted by Crippen LogP contribution is -2.14. The summed E-state index contributed by atoms with van der Waals surface area (Å²) in [5, 5.41) is 0. The molecule has 0 radical (unpaired) electrons. The SMILES string of the molecule is CCCCCCCCCCCCCOCCOCCOCCOCCOCCOCCOc1ccc(CCCCCCCCC)cc1. The first-order chi connectivity index (χ1) is 23.4. The minimum Gasteiger partial charge on any atom is -0.491 e. The van der Waals surface area contributed by atoms with Crippen molar-refractivity contribution in [2.75, 3.05) is 85.9 Å². The van der Waals surface area contributed by atoms with Crippen LogP contribution < -0.4 is 4.74 Å². The summed E-state index contributed by atoms with van der Waals surface area (Å²) in [5.41, 5.74) is 1.39. The van der Waals surface area contributed by atoms with Crippen molar-refractivity contribution in [2.24, 2.45) is 0 Å². The highest BCUT2D eigenvalue weighted by Gasteiger charge is 1.99. The lowest BCUT2D eigenvalue weighted by Gasteiger charge is -2.09. The average Bonchev–Trinajstić information content (AvgIpc) is 3.09. The summed E-state index contributed by atoms with van der Waals surface area (Å²) in [6.45, 7) is 12.2. The third kappa shape index (κ3) is 33.1. The topological polar surface area (TPSA) is 64.6 Å². The molecule has 0 fully saturated rings. The summed E-state index contributed by atoms with van der Waals surface area (Å²) < 4.78 is 39.3. The summed E-state index contributed by atoms with van der Waals surface area (Å²) >= 11 is 0. The van der Waals surface area contributed by atoms with E-state index in [-0.39, 0.29) is 0 Å². The van der Waals surface area contributed by atoms with Gasteiger partial charge in [-0.25, -0.2) is 0 Å². The number of aryl methyl sites for hydroxylation is 1. The molecule has 0 bridgehead atoms. The Balaban J connectivity index is 1.71. The fraction of sp³-hybridized carbons (Fsp3) is 0.850. The molecular formula is C40H74O7. The van der Waals surface area contributed by atoms with E-state index in [1.807, 2.05) is 0 Å². The van der Waals surface area contributed by atoms with Crippen LogP contribution in [-0.2, 0) is 34.8 Å². The predicted octanol–water partition coefficient (Wildman–Crippen LogP) is 9.77. The molecule has 0 aliphatic rings. The maximum absolute atomic E-state index is 5.79. The Morgan fingerprint density at radius 1 is 0.319 bits per heavy atom. The average molecular weight is 667 g/mol. The molecule has 47 heavy (non-hydrogen) atoms. The van der Waals surface area contributed by atoms with Crippen LogP contribution in [0.2, 0.25) is 0 Å². The van der Waals surface area contributed by atoms with Crippen LogP contribution in [-0.4, -0.2) is 85.9 Å². The molecule has 1 rings (SSSR count). The number of unbranched alkanes of at least 4 members (excludes halogenated alkanes) is 16. The number of ether oxygens (including phenoxy) is 7. The number of hydrogen-bond donors (Lipinski definition) is 0. The molecule has 0 saturated carbocycles. The van der Waals surface area contributed by atoms with Gasteiger partial charge in [0.25, 0.3) is 0 Å². The van der Waals surface area contributed by atoms with E-state index in [0.29, 0.717) is 79.3 Å². The Morgan fingerprint density at radius 3 is 1.04 bits per heavy atom.